The number of pyridine rings is 1. The van der Waals surface area contributed by atoms with Gasteiger partial charge in [-0.3, -0.25) is 4.79 Å². The first-order valence-corrected chi connectivity index (χ1v) is 9.13. The molecule has 0 aliphatic carbocycles. The molecule has 4 rings (SSSR count). The summed E-state index contributed by atoms with van der Waals surface area (Å²) < 4.78 is 37.2. The Kier molecular flexibility index (Phi) is 4.99. The third-order valence-electron chi connectivity index (χ3n) is 4.57. The van der Waals surface area contributed by atoms with Crippen molar-refractivity contribution in [1.82, 2.24) is 30.2 Å². The molecule has 2 N–H and O–H groups in total. The average molecular weight is 428 g/mol. The summed E-state index contributed by atoms with van der Waals surface area (Å²) in [6, 6.07) is 0.953. The molecule has 0 spiro atoms. The number of carbonyl (C=O) groups is 1. The van der Waals surface area contributed by atoms with E-state index in [1.54, 1.807) is 17.2 Å². The number of halogens is 4. The molecule has 0 aromatic carbocycles. The second-order valence-electron chi connectivity index (χ2n) is 6.55. The van der Waals surface area contributed by atoms with Crippen LogP contribution in [0.5, 0.6) is 0 Å². The van der Waals surface area contributed by atoms with Crippen LogP contribution in [0.2, 0.25) is 5.02 Å². The van der Waals surface area contributed by atoms with Gasteiger partial charge in [0, 0.05) is 31.3 Å². The molecule has 8 nitrogen and oxygen atoms in total. The summed E-state index contributed by atoms with van der Waals surface area (Å²) >= 11 is 6.02. The zero-order valence-corrected chi connectivity index (χ0v) is 15.6. The van der Waals surface area contributed by atoms with Crippen molar-refractivity contribution in [3.8, 4) is 11.4 Å². The van der Waals surface area contributed by atoms with Gasteiger partial charge in [0.15, 0.2) is 5.82 Å². The summed E-state index contributed by atoms with van der Waals surface area (Å²) in [5, 5.41) is 3.10. The number of hydrogen-bond acceptors (Lipinski definition) is 6. The maximum atomic E-state index is 12.4. The number of rotatable bonds is 4. The smallest absolute Gasteiger partial charge is 0.345 e. The van der Waals surface area contributed by atoms with E-state index in [0.717, 1.165) is 5.39 Å². The Labute approximate surface area is 169 Å². The summed E-state index contributed by atoms with van der Waals surface area (Å²) in [6.07, 6.45) is 1.08. The van der Waals surface area contributed by atoms with Crippen LogP contribution in [0.25, 0.3) is 22.4 Å². The number of H-pyrrole nitrogens is 1. The SMILES string of the molecule is O=C(NCC(F)(F)F)[C@H]1CCCN1c1ncnc(-c2c[nH]c3ncc(Cl)cc23)n1.[HH]. The zero-order valence-electron chi connectivity index (χ0n) is 14.9. The van der Waals surface area contributed by atoms with Crippen molar-refractivity contribution in [2.75, 3.05) is 18.0 Å². The van der Waals surface area contributed by atoms with Gasteiger partial charge in [0.2, 0.25) is 11.9 Å². The number of aromatic amines is 1. The van der Waals surface area contributed by atoms with Crippen molar-refractivity contribution in [2.24, 2.45) is 0 Å². The number of nitrogens with zero attached hydrogens (tertiary/aromatic N) is 5. The van der Waals surface area contributed by atoms with Crippen molar-refractivity contribution in [3.05, 3.63) is 29.8 Å². The van der Waals surface area contributed by atoms with Crippen molar-refractivity contribution in [1.29, 1.82) is 0 Å². The normalized spacial score (nSPS) is 17.1. The molecule has 0 radical (unpaired) electrons. The predicted molar refractivity (Wildman–Crippen MR) is 101 cm³/mol. The van der Waals surface area contributed by atoms with Gasteiger partial charge in [-0.05, 0) is 18.9 Å². The number of aromatic nitrogens is 5. The molecule has 0 bridgehead atoms. The minimum Gasteiger partial charge on any atom is -0.345 e. The van der Waals surface area contributed by atoms with E-state index in [0.29, 0.717) is 41.4 Å². The molecule has 1 amide bonds. The number of anilines is 1. The molecular formula is C17H17ClF3N7O. The van der Waals surface area contributed by atoms with Crippen molar-refractivity contribution in [2.45, 2.75) is 25.1 Å². The van der Waals surface area contributed by atoms with Gasteiger partial charge in [-0.15, -0.1) is 0 Å². The quantitative estimate of drug-likeness (QED) is 0.664. The Morgan fingerprint density at radius 3 is 3.00 bits per heavy atom. The molecule has 1 saturated heterocycles. The van der Waals surface area contributed by atoms with E-state index in [2.05, 4.69) is 24.9 Å². The largest absolute Gasteiger partial charge is 0.405 e. The third-order valence-corrected chi connectivity index (χ3v) is 4.78. The van der Waals surface area contributed by atoms with Crippen LogP contribution < -0.4 is 10.2 Å². The Morgan fingerprint density at radius 1 is 1.38 bits per heavy atom. The van der Waals surface area contributed by atoms with Crippen LogP contribution in [-0.4, -0.2) is 56.1 Å². The summed E-state index contributed by atoms with van der Waals surface area (Å²) in [7, 11) is 0. The van der Waals surface area contributed by atoms with Crippen molar-refractivity contribution < 1.29 is 19.4 Å². The minimum absolute atomic E-state index is 0. The number of carbonyl (C=O) groups excluding carboxylic acids is 1. The van der Waals surface area contributed by atoms with Gasteiger partial charge in [0.05, 0.1) is 5.02 Å². The van der Waals surface area contributed by atoms with Crippen LogP contribution in [0.15, 0.2) is 24.8 Å². The molecular weight excluding hydrogens is 411 g/mol. The first kappa shape index (κ1) is 19.4. The standard InChI is InChI=1S/C17H15ClF3N7O.H2/c18-9-4-10-11(6-23-13(10)22-5-9)14-25-8-26-16(27-14)28-3-1-2-12(28)15(29)24-7-17(19,20)21;/h4-6,8,12H,1-3,7H2,(H,22,23)(H,24,29);1H/t12-;/m1./s1. The Bertz CT molecular complexity index is 1060. The molecule has 1 aliphatic rings. The lowest BCUT2D eigenvalue weighted by molar-refractivity contribution is -0.139. The Morgan fingerprint density at radius 2 is 2.21 bits per heavy atom. The lowest BCUT2D eigenvalue weighted by atomic mass is 10.2. The fourth-order valence-electron chi connectivity index (χ4n) is 3.30. The Hall–Kier alpha value is -2.95. The van der Waals surface area contributed by atoms with E-state index in [-0.39, 0.29) is 7.37 Å². The molecule has 4 heterocycles. The van der Waals surface area contributed by atoms with Crippen LogP contribution in [0, 0.1) is 0 Å². The summed E-state index contributed by atoms with van der Waals surface area (Å²) in [6.45, 7) is -0.920. The topological polar surface area (TPSA) is 99.7 Å². The summed E-state index contributed by atoms with van der Waals surface area (Å²) in [4.78, 5) is 33.8. The van der Waals surface area contributed by atoms with Gasteiger partial charge < -0.3 is 15.2 Å². The number of alkyl halides is 3. The van der Waals surface area contributed by atoms with Crippen LogP contribution in [0.4, 0.5) is 19.1 Å². The minimum atomic E-state index is -4.47. The van der Waals surface area contributed by atoms with E-state index in [4.69, 9.17) is 11.6 Å². The lowest BCUT2D eigenvalue weighted by Crippen LogP contribution is -2.46. The van der Waals surface area contributed by atoms with Gasteiger partial charge in [0.1, 0.15) is 24.6 Å². The highest BCUT2D eigenvalue weighted by molar-refractivity contribution is 6.31. The summed E-state index contributed by atoms with van der Waals surface area (Å²) in [5.41, 5.74) is 1.26. The first-order valence-electron chi connectivity index (χ1n) is 8.75. The summed E-state index contributed by atoms with van der Waals surface area (Å²) in [5.74, 6) is -0.138. The van der Waals surface area contributed by atoms with E-state index >= 15 is 0 Å². The molecule has 3 aromatic rings. The predicted octanol–water partition coefficient (Wildman–Crippen LogP) is 2.96. The fourth-order valence-corrected chi connectivity index (χ4v) is 3.46. The highest BCUT2D eigenvalue weighted by Crippen LogP contribution is 2.29. The number of fused-ring (bicyclic) bond motifs is 1. The number of amides is 1. The van der Waals surface area contributed by atoms with Gasteiger partial charge in [-0.1, -0.05) is 11.6 Å². The highest BCUT2D eigenvalue weighted by Gasteiger charge is 2.35. The lowest BCUT2D eigenvalue weighted by Gasteiger charge is -2.24. The first-order chi connectivity index (χ1) is 13.8. The maximum absolute atomic E-state index is 12.4. The zero-order chi connectivity index (χ0) is 20.6. The second-order valence-corrected chi connectivity index (χ2v) is 6.98. The molecule has 1 fully saturated rings. The average Bonchev–Trinajstić information content (AvgIpc) is 3.32. The molecule has 154 valence electrons. The molecule has 0 unspecified atom stereocenters. The molecule has 12 heteroatoms. The maximum Gasteiger partial charge on any atom is 0.405 e. The Balaban J connectivity index is 0.00000256. The van der Waals surface area contributed by atoms with E-state index in [9.17, 15) is 18.0 Å². The van der Waals surface area contributed by atoms with Crippen molar-refractivity contribution >= 4 is 34.5 Å². The third kappa shape index (κ3) is 4.09. The fraction of sp³-hybridized carbons (Fsp3) is 0.353. The van der Waals surface area contributed by atoms with E-state index < -0.39 is 24.7 Å². The van der Waals surface area contributed by atoms with E-state index in [1.807, 2.05) is 5.32 Å². The van der Waals surface area contributed by atoms with Crippen LogP contribution in [0.1, 0.15) is 14.3 Å². The van der Waals surface area contributed by atoms with Gasteiger partial charge >= 0.3 is 6.18 Å². The van der Waals surface area contributed by atoms with Crippen LogP contribution in [0.3, 0.4) is 0 Å². The second kappa shape index (κ2) is 7.47. The molecule has 1 aliphatic heterocycles. The number of nitrogens with one attached hydrogen (secondary N) is 2. The van der Waals surface area contributed by atoms with Gasteiger partial charge in [-0.25, -0.2) is 15.0 Å². The van der Waals surface area contributed by atoms with E-state index in [1.165, 1.54) is 12.5 Å². The molecule has 1 atom stereocenters. The number of hydrogen-bond donors (Lipinski definition) is 2. The molecule has 0 saturated carbocycles. The van der Waals surface area contributed by atoms with Gasteiger partial charge in [0.25, 0.3) is 0 Å². The monoisotopic (exact) mass is 427 g/mol. The van der Waals surface area contributed by atoms with Gasteiger partial charge in [-0.2, -0.15) is 18.2 Å². The van der Waals surface area contributed by atoms with Crippen LogP contribution >= 0.6 is 11.6 Å². The molecule has 3 aromatic heterocycles. The highest BCUT2D eigenvalue weighted by atomic mass is 35.5. The van der Waals surface area contributed by atoms with Crippen LogP contribution in [-0.2, 0) is 4.79 Å². The van der Waals surface area contributed by atoms with Crippen molar-refractivity contribution in [3.63, 3.8) is 0 Å². The molecule has 29 heavy (non-hydrogen) atoms.